The number of aromatic nitrogens is 1. The third kappa shape index (κ3) is 4.41. The predicted molar refractivity (Wildman–Crippen MR) is 94.5 cm³/mol. The molecule has 6 heteroatoms. The molecule has 0 atom stereocenters. The Bertz CT molecular complexity index is 729. The zero-order valence-corrected chi connectivity index (χ0v) is 15.2. The molecule has 128 valence electrons. The number of carboxylic acid groups (broad SMARTS) is 1. The van der Waals surface area contributed by atoms with Crippen LogP contribution in [-0.4, -0.2) is 22.0 Å². The van der Waals surface area contributed by atoms with E-state index >= 15 is 0 Å². The Labute approximate surface area is 145 Å². The molecule has 5 nitrogen and oxygen atoms in total. The van der Waals surface area contributed by atoms with Crippen LogP contribution in [0.15, 0.2) is 24.3 Å². The fourth-order valence-electron chi connectivity index (χ4n) is 2.28. The van der Waals surface area contributed by atoms with Crippen molar-refractivity contribution in [3.05, 3.63) is 51.0 Å². The molecule has 0 aliphatic carbocycles. The van der Waals surface area contributed by atoms with Gasteiger partial charge in [-0.25, -0.2) is 9.78 Å². The number of carbonyl (C=O) groups excluding carboxylic acids is 1. The lowest BCUT2D eigenvalue weighted by atomic mass is 10.0. The summed E-state index contributed by atoms with van der Waals surface area (Å²) in [4.78, 5) is 28.8. The molecule has 1 amide bonds. The molecule has 1 aromatic heterocycles. The van der Waals surface area contributed by atoms with Crippen LogP contribution >= 0.6 is 11.3 Å². The number of benzene rings is 1. The van der Waals surface area contributed by atoms with Gasteiger partial charge in [0.1, 0.15) is 5.01 Å². The van der Waals surface area contributed by atoms with Crippen molar-refractivity contribution in [2.45, 2.75) is 46.1 Å². The summed E-state index contributed by atoms with van der Waals surface area (Å²) in [6.07, 6.45) is 0.914. The maximum Gasteiger partial charge on any atom is 0.335 e. The summed E-state index contributed by atoms with van der Waals surface area (Å²) >= 11 is 1.60. The molecule has 2 aromatic rings. The van der Waals surface area contributed by atoms with E-state index in [-0.39, 0.29) is 11.5 Å². The van der Waals surface area contributed by atoms with Crippen molar-refractivity contribution >= 4 is 23.2 Å². The molecule has 0 unspecified atom stereocenters. The van der Waals surface area contributed by atoms with Crippen LogP contribution in [0.4, 0.5) is 0 Å². The molecular weight excluding hydrogens is 324 g/mol. The van der Waals surface area contributed by atoms with E-state index in [1.807, 2.05) is 27.7 Å². The lowest BCUT2D eigenvalue weighted by Crippen LogP contribution is -2.41. The number of hydrogen-bond acceptors (Lipinski definition) is 4. The molecule has 0 saturated heterocycles. The number of aryl methyl sites for hydroxylation is 3. The van der Waals surface area contributed by atoms with Gasteiger partial charge in [0, 0.05) is 11.3 Å². The Morgan fingerprint density at radius 1 is 1.21 bits per heavy atom. The third-order valence-electron chi connectivity index (χ3n) is 3.86. The van der Waals surface area contributed by atoms with E-state index in [9.17, 15) is 9.59 Å². The predicted octanol–water partition coefficient (Wildman–Crippen LogP) is 3.44. The van der Waals surface area contributed by atoms with Crippen LogP contribution in [0.2, 0.25) is 0 Å². The summed E-state index contributed by atoms with van der Waals surface area (Å²) in [6.45, 7) is 7.89. The number of aromatic carboxylic acids is 1. The molecule has 0 fully saturated rings. The van der Waals surface area contributed by atoms with Crippen LogP contribution in [0.25, 0.3) is 0 Å². The van der Waals surface area contributed by atoms with Crippen molar-refractivity contribution in [2.24, 2.45) is 0 Å². The van der Waals surface area contributed by atoms with Crippen LogP contribution in [0.1, 0.15) is 51.8 Å². The van der Waals surface area contributed by atoms with Crippen molar-refractivity contribution in [3.8, 4) is 0 Å². The first kappa shape index (κ1) is 18.1. The van der Waals surface area contributed by atoms with Crippen LogP contribution in [0.5, 0.6) is 0 Å². The van der Waals surface area contributed by atoms with Gasteiger partial charge in [-0.15, -0.1) is 11.3 Å². The Morgan fingerprint density at radius 2 is 1.83 bits per heavy atom. The van der Waals surface area contributed by atoms with Gasteiger partial charge < -0.3 is 10.4 Å². The summed E-state index contributed by atoms with van der Waals surface area (Å²) in [6, 6.07) is 6.60. The lowest BCUT2D eigenvalue weighted by Gasteiger charge is -2.24. The minimum Gasteiger partial charge on any atom is -0.478 e. The monoisotopic (exact) mass is 346 g/mol. The van der Waals surface area contributed by atoms with Gasteiger partial charge in [-0.05, 0) is 51.8 Å². The van der Waals surface area contributed by atoms with Crippen LogP contribution in [-0.2, 0) is 16.8 Å². The highest BCUT2D eigenvalue weighted by atomic mass is 32.1. The highest BCUT2D eigenvalue weighted by molar-refractivity contribution is 7.11. The van der Waals surface area contributed by atoms with Gasteiger partial charge >= 0.3 is 5.97 Å². The average molecular weight is 346 g/mol. The Balaban J connectivity index is 1.93. The molecule has 0 aliphatic rings. The highest BCUT2D eigenvalue weighted by Crippen LogP contribution is 2.27. The first-order valence-electron chi connectivity index (χ1n) is 7.77. The van der Waals surface area contributed by atoms with E-state index in [0.717, 1.165) is 21.1 Å². The van der Waals surface area contributed by atoms with Crippen molar-refractivity contribution in [1.82, 2.24) is 10.3 Å². The van der Waals surface area contributed by atoms with Gasteiger partial charge in [-0.2, -0.15) is 0 Å². The van der Waals surface area contributed by atoms with Gasteiger partial charge in [0.25, 0.3) is 0 Å². The summed E-state index contributed by atoms with van der Waals surface area (Å²) in [5, 5.41) is 12.8. The summed E-state index contributed by atoms with van der Waals surface area (Å²) in [7, 11) is 0. The maximum absolute atomic E-state index is 12.2. The largest absolute Gasteiger partial charge is 0.478 e. The number of carbonyl (C=O) groups is 2. The topological polar surface area (TPSA) is 79.3 Å². The smallest absolute Gasteiger partial charge is 0.335 e. The van der Waals surface area contributed by atoms with E-state index in [0.29, 0.717) is 12.8 Å². The standard InChI is InChI=1S/C18H22N2O3S/c1-11-12(2)24-17(19-11)18(3,4)20-15(21)10-7-13-5-8-14(9-6-13)16(22)23/h5-6,8-9H,7,10H2,1-4H3,(H,20,21)(H,22,23). The van der Waals surface area contributed by atoms with Gasteiger partial charge in [-0.1, -0.05) is 12.1 Å². The molecule has 24 heavy (non-hydrogen) atoms. The van der Waals surface area contributed by atoms with E-state index in [4.69, 9.17) is 5.11 Å². The minimum absolute atomic E-state index is 0.0483. The molecule has 1 heterocycles. The van der Waals surface area contributed by atoms with Gasteiger partial charge in [0.2, 0.25) is 5.91 Å². The van der Waals surface area contributed by atoms with Crippen molar-refractivity contribution < 1.29 is 14.7 Å². The molecule has 0 radical (unpaired) electrons. The fraction of sp³-hybridized carbons (Fsp3) is 0.389. The Morgan fingerprint density at radius 3 is 2.33 bits per heavy atom. The van der Waals surface area contributed by atoms with Gasteiger partial charge in [0.05, 0.1) is 16.8 Å². The maximum atomic E-state index is 12.2. The van der Waals surface area contributed by atoms with Crippen LogP contribution < -0.4 is 5.32 Å². The number of amides is 1. The van der Waals surface area contributed by atoms with E-state index in [1.165, 1.54) is 0 Å². The molecule has 2 rings (SSSR count). The SMILES string of the molecule is Cc1nc(C(C)(C)NC(=O)CCc2ccc(C(=O)O)cc2)sc1C. The third-order valence-corrected chi connectivity index (χ3v) is 5.25. The number of carboxylic acids is 1. The van der Waals surface area contributed by atoms with Crippen molar-refractivity contribution in [2.75, 3.05) is 0 Å². The number of rotatable bonds is 6. The first-order valence-corrected chi connectivity index (χ1v) is 8.58. The van der Waals surface area contributed by atoms with Gasteiger partial charge in [-0.3, -0.25) is 4.79 Å². The molecule has 0 bridgehead atoms. The summed E-state index contributed by atoms with van der Waals surface area (Å²) < 4.78 is 0. The van der Waals surface area contributed by atoms with Crippen molar-refractivity contribution in [1.29, 1.82) is 0 Å². The summed E-state index contributed by atoms with van der Waals surface area (Å²) in [5.74, 6) is -0.997. The Hall–Kier alpha value is -2.21. The van der Waals surface area contributed by atoms with Crippen LogP contribution in [0, 0.1) is 13.8 Å². The normalized spacial score (nSPS) is 11.3. The quantitative estimate of drug-likeness (QED) is 0.840. The number of nitrogens with one attached hydrogen (secondary N) is 1. The van der Waals surface area contributed by atoms with Crippen molar-refractivity contribution in [3.63, 3.8) is 0 Å². The van der Waals surface area contributed by atoms with E-state index in [1.54, 1.807) is 35.6 Å². The average Bonchev–Trinajstić information content (AvgIpc) is 2.85. The van der Waals surface area contributed by atoms with Gasteiger partial charge in [0.15, 0.2) is 0 Å². The lowest BCUT2D eigenvalue weighted by molar-refractivity contribution is -0.122. The zero-order valence-electron chi connectivity index (χ0n) is 14.3. The fourth-order valence-corrected chi connectivity index (χ4v) is 3.25. The second-order valence-corrected chi connectivity index (χ2v) is 7.54. The summed E-state index contributed by atoms with van der Waals surface area (Å²) in [5.41, 5.74) is 1.68. The number of thiazole rings is 1. The molecule has 2 N–H and O–H groups in total. The Kier molecular flexibility index (Phi) is 5.39. The molecule has 0 saturated carbocycles. The van der Waals surface area contributed by atoms with E-state index < -0.39 is 11.5 Å². The zero-order chi connectivity index (χ0) is 17.9. The minimum atomic E-state index is -0.949. The second kappa shape index (κ2) is 7.13. The molecule has 1 aromatic carbocycles. The highest BCUT2D eigenvalue weighted by Gasteiger charge is 2.26. The molecule has 0 aliphatic heterocycles. The first-order chi connectivity index (χ1) is 11.2. The van der Waals surface area contributed by atoms with Crippen LogP contribution in [0.3, 0.4) is 0 Å². The number of hydrogen-bond donors (Lipinski definition) is 2. The number of nitrogens with zero attached hydrogens (tertiary/aromatic N) is 1. The second-order valence-electron chi connectivity index (χ2n) is 6.34. The molecular formula is C18H22N2O3S. The van der Waals surface area contributed by atoms with E-state index in [2.05, 4.69) is 10.3 Å². The molecule has 0 spiro atoms.